The normalized spacial score (nSPS) is 18.3. The second-order valence-corrected chi connectivity index (χ2v) is 14.2. The number of rotatable bonds is 13. The van der Waals surface area contributed by atoms with Crippen LogP contribution in [0.25, 0.3) is 11.1 Å². The summed E-state index contributed by atoms with van der Waals surface area (Å²) in [5.41, 5.74) is 7.05. The summed E-state index contributed by atoms with van der Waals surface area (Å²) in [6, 6.07) is 30.3. The maximum atomic E-state index is 13.2. The largest absolute Gasteiger partial charge is 0.508 e. The standard InChI is InChI=1S/C44H46N4O6/c1-2-36(30-6-4-3-5-7-30)41(31-8-13-34(49)14-9-31)32-10-15-35(16-11-32)54-27-26-47-24-21-29(22-25-47)20-23-45-33-12-17-37-38(28-33)44(53)48(43(37)52)39-18-19-40(50)46-42(39)51/h3-17,28-29,39,45,49H,2,18-27H2,1H3,(H,46,50,51)/b41-36-. The van der Waals surface area contributed by atoms with Gasteiger partial charge < -0.3 is 15.2 Å². The van der Waals surface area contributed by atoms with Gasteiger partial charge in [-0.3, -0.25) is 34.3 Å². The Morgan fingerprint density at radius 3 is 2.19 bits per heavy atom. The number of amides is 4. The summed E-state index contributed by atoms with van der Waals surface area (Å²) in [6.45, 7) is 6.41. The van der Waals surface area contributed by atoms with E-state index in [2.05, 4.69) is 58.9 Å². The van der Waals surface area contributed by atoms with Gasteiger partial charge in [0.2, 0.25) is 11.8 Å². The lowest BCUT2D eigenvalue weighted by atomic mass is 9.88. The summed E-state index contributed by atoms with van der Waals surface area (Å²) in [7, 11) is 0. The second-order valence-electron chi connectivity index (χ2n) is 14.2. The van der Waals surface area contributed by atoms with Gasteiger partial charge in [-0.1, -0.05) is 61.5 Å². The van der Waals surface area contributed by atoms with Crippen LogP contribution in [0.1, 0.15) is 82.9 Å². The molecule has 0 aliphatic carbocycles. The van der Waals surface area contributed by atoms with Gasteiger partial charge in [0.15, 0.2) is 0 Å². The van der Waals surface area contributed by atoms with E-state index in [1.54, 1.807) is 30.3 Å². The number of phenols is 1. The number of carbonyl (C=O) groups excluding carboxylic acids is 4. The number of nitrogens with one attached hydrogen (secondary N) is 2. The molecule has 1 unspecified atom stereocenters. The molecule has 3 heterocycles. The number of aromatic hydroxyl groups is 1. The molecule has 2 fully saturated rings. The Balaban J connectivity index is 0.868. The summed E-state index contributed by atoms with van der Waals surface area (Å²) >= 11 is 0. The van der Waals surface area contributed by atoms with E-state index in [-0.39, 0.29) is 29.7 Å². The van der Waals surface area contributed by atoms with Crippen LogP contribution in [0.15, 0.2) is 97.1 Å². The van der Waals surface area contributed by atoms with Crippen LogP contribution in [0.5, 0.6) is 11.5 Å². The molecule has 54 heavy (non-hydrogen) atoms. The SMILES string of the molecule is CC/C(=C(\c1ccc(O)cc1)c1ccc(OCCN2CCC(CCNc3ccc4c(c3)C(=O)N(C3CCC(=O)NC3=O)C4=O)CC2)cc1)c1ccccc1. The fourth-order valence-corrected chi connectivity index (χ4v) is 7.82. The summed E-state index contributed by atoms with van der Waals surface area (Å²) in [5.74, 6) is -0.325. The zero-order valence-corrected chi connectivity index (χ0v) is 30.6. The predicted molar refractivity (Wildman–Crippen MR) is 208 cm³/mol. The zero-order chi connectivity index (χ0) is 37.6. The molecule has 1 atom stereocenters. The van der Waals surface area contributed by atoms with Gasteiger partial charge in [0.25, 0.3) is 11.8 Å². The molecule has 4 aromatic rings. The van der Waals surface area contributed by atoms with Gasteiger partial charge in [0.05, 0.1) is 11.1 Å². The number of allylic oxidation sites excluding steroid dienone is 1. The Labute approximate surface area is 315 Å². The van der Waals surface area contributed by atoms with Gasteiger partial charge in [-0.15, -0.1) is 0 Å². The van der Waals surface area contributed by atoms with Crippen LogP contribution in [0.2, 0.25) is 0 Å². The first kappa shape index (κ1) is 36.6. The Hall–Kier alpha value is -5.74. The number of piperidine rings is 2. The molecule has 7 rings (SSSR count). The quantitative estimate of drug-likeness (QED) is 0.102. The number of carbonyl (C=O) groups is 4. The molecule has 0 aromatic heterocycles. The molecule has 0 radical (unpaired) electrons. The summed E-state index contributed by atoms with van der Waals surface area (Å²) in [6.07, 6.45) is 4.29. The Kier molecular flexibility index (Phi) is 11.2. The Morgan fingerprint density at radius 1 is 0.815 bits per heavy atom. The van der Waals surface area contributed by atoms with Crippen LogP contribution in [0, 0.1) is 5.92 Å². The van der Waals surface area contributed by atoms with E-state index >= 15 is 0 Å². The third kappa shape index (κ3) is 8.09. The number of imide groups is 2. The van der Waals surface area contributed by atoms with Crippen molar-refractivity contribution in [3.8, 4) is 11.5 Å². The van der Waals surface area contributed by atoms with Crippen molar-refractivity contribution in [1.29, 1.82) is 0 Å². The molecule has 10 heteroatoms. The Bertz CT molecular complexity index is 2040. The van der Waals surface area contributed by atoms with Gasteiger partial charge >= 0.3 is 0 Å². The van der Waals surface area contributed by atoms with Crippen LogP contribution in [0.4, 0.5) is 5.69 Å². The molecular formula is C44H46N4O6. The predicted octanol–water partition coefficient (Wildman–Crippen LogP) is 6.76. The fraction of sp³-hybridized carbons (Fsp3) is 0.318. The molecule has 3 N–H and O–H groups in total. The van der Waals surface area contributed by atoms with E-state index in [9.17, 15) is 24.3 Å². The number of likely N-dealkylation sites (tertiary alicyclic amines) is 1. The van der Waals surface area contributed by atoms with Crippen LogP contribution in [0.3, 0.4) is 0 Å². The molecule has 3 aliphatic heterocycles. The minimum Gasteiger partial charge on any atom is -0.508 e. The highest BCUT2D eigenvalue weighted by atomic mass is 16.5. The molecule has 4 amide bonds. The number of hydrogen-bond acceptors (Lipinski definition) is 8. The Morgan fingerprint density at radius 2 is 1.50 bits per heavy atom. The van der Waals surface area contributed by atoms with Crippen LogP contribution < -0.4 is 15.4 Å². The number of nitrogens with zero attached hydrogens (tertiary/aromatic N) is 2. The lowest BCUT2D eigenvalue weighted by Gasteiger charge is -2.32. The second kappa shape index (κ2) is 16.5. The maximum Gasteiger partial charge on any atom is 0.262 e. The van der Waals surface area contributed by atoms with Gasteiger partial charge in [0, 0.05) is 25.2 Å². The van der Waals surface area contributed by atoms with E-state index in [4.69, 9.17) is 4.74 Å². The molecule has 0 saturated carbocycles. The van der Waals surface area contributed by atoms with Crippen molar-refractivity contribution in [2.75, 3.05) is 38.1 Å². The van der Waals surface area contributed by atoms with Crippen molar-refractivity contribution in [1.82, 2.24) is 15.1 Å². The number of phenolic OH excluding ortho intramolecular Hbond substituents is 1. The summed E-state index contributed by atoms with van der Waals surface area (Å²) in [5, 5.41) is 15.6. The average molecular weight is 727 g/mol. The van der Waals surface area contributed by atoms with E-state index < -0.39 is 29.7 Å². The van der Waals surface area contributed by atoms with Crippen molar-refractivity contribution >= 4 is 40.5 Å². The average Bonchev–Trinajstić information content (AvgIpc) is 3.43. The monoisotopic (exact) mass is 726 g/mol. The molecule has 0 spiro atoms. The first-order chi connectivity index (χ1) is 26.3. The van der Waals surface area contributed by atoms with E-state index in [0.717, 1.165) is 84.9 Å². The summed E-state index contributed by atoms with van der Waals surface area (Å²) < 4.78 is 6.19. The highest BCUT2D eigenvalue weighted by Crippen LogP contribution is 2.36. The topological polar surface area (TPSA) is 128 Å². The van der Waals surface area contributed by atoms with E-state index in [0.29, 0.717) is 12.5 Å². The van der Waals surface area contributed by atoms with E-state index in [1.165, 1.54) is 11.1 Å². The molecular weight excluding hydrogens is 681 g/mol. The zero-order valence-electron chi connectivity index (χ0n) is 30.6. The van der Waals surface area contributed by atoms with Crippen molar-refractivity contribution in [3.05, 3.63) is 125 Å². The first-order valence-electron chi connectivity index (χ1n) is 18.9. The van der Waals surface area contributed by atoms with E-state index in [1.807, 2.05) is 30.3 Å². The van der Waals surface area contributed by atoms with Gasteiger partial charge in [-0.2, -0.15) is 0 Å². The summed E-state index contributed by atoms with van der Waals surface area (Å²) in [4.78, 5) is 53.5. The molecule has 4 aromatic carbocycles. The molecule has 0 bridgehead atoms. The molecule has 2 saturated heterocycles. The minimum absolute atomic E-state index is 0.0944. The number of hydrogen-bond donors (Lipinski definition) is 3. The van der Waals surface area contributed by atoms with Crippen LogP contribution >= 0.6 is 0 Å². The van der Waals surface area contributed by atoms with Crippen molar-refractivity contribution in [3.63, 3.8) is 0 Å². The molecule has 10 nitrogen and oxygen atoms in total. The van der Waals surface area contributed by atoms with Gasteiger partial charge in [0.1, 0.15) is 24.1 Å². The molecule has 278 valence electrons. The van der Waals surface area contributed by atoms with Gasteiger partial charge in [-0.05, 0) is 121 Å². The number of ether oxygens (including phenoxy) is 1. The van der Waals surface area contributed by atoms with Crippen LogP contribution in [-0.4, -0.2) is 77.4 Å². The van der Waals surface area contributed by atoms with Crippen molar-refractivity contribution in [2.24, 2.45) is 5.92 Å². The third-order valence-corrected chi connectivity index (χ3v) is 10.8. The maximum absolute atomic E-state index is 13.2. The first-order valence-corrected chi connectivity index (χ1v) is 18.9. The minimum atomic E-state index is -0.968. The number of anilines is 1. The highest BCUT2D eigenvalue weighted by molar-refractivity contribution is 6.23. The van der Waals surface area contributed by atoms with Gasteiger partial charge in [-0.25, -0.2) is 0 Å². The lowest BCUT2D eigenvalue weighted by Crippen LogP contribution is -2.54. The van der Waals surface area contributed by atoms with Crippen molar-refractivity contribution < 1.29 is 29.0 Å². The fourth-order valence-electron chi connectivity index (χ4n) is 7.82. The highest BCUT2D eigenvalue weighted by Gasteiger charge is 2.44. The molecule has 3 aliphatic rings. The number of fused-ring (bicyclic) bond motifs is 1. The lowest BCUT2D eigenvalue weighted by molar-refractivity contribution is -0.136. The third-order valence-electron chi connectivity index (χ3n) is 10.8. The van der Waals surface area contributed by atoms with Crippen molar-refractivity contribution in [2.45, 2.75) is 51.5 Å². The van der Waals surface area contributed by atoms with Crippen LogP contribution in [-0.2, 0) is 9.59 Å². The number of benzene rings is 4. The smallest absolute Gasteiger partial charge is 0.262 e.